The van der Waals surface area contributed by atoms with Crippen molar-refractivity contribution in [3.8, 4) is 10.6 Å². The largest absolute Gasteiger partial charge is 0.469 e. The molecule has 0 radical (unpaired) electrons. The zero-order valence-corrected chi connectivity index (χ0v) is 16.7. The molecule has 7 nitrogen and oxygen atoms in total. The zero-order chi connectivity index (χ0) is 18.4. The fourth-order valence-electron chi connectivity index (χ4n) is 2.94. The van der Waals surface area contributed by atoms with Gasteiger partial charge < -0.3 is 15.4 Å². The van der Waals surface area contributed by atoms with Gasteiger partial charge in [0.25, 0.3) is 5.91 Å². The Hall–Kier alpha value is -2.03. The highest BCUT2D eigenvalue weighted by Gasteiger charge is 2.17. The lowest BCUT2D eigenvalue weighted by molar-refractivity contribution is -0.140. The summed E-state index contributed by atoms with van der Waals surface area (Å²) in [4.78, 5) is 23.1. The van der Waals surface area contributed by atoms with Crippen molar-refractivity contribution in [3.05, 3.63) is 34.8 Å². The monoisotopic (exact) mass is 410 g/mol. The molecule has 0 spiro atoms. The number of nitrogens with one attached hydrogen (secondary N) is 2. The first-order valence-corrected chi connectivity index (χ1v) is 9.48. The number of rotatable bonds is 6. The van der Waals surface area contributed by atoms with Crippen LogP contribution in [-0.4, -0.2) is 48.8 Å². The van der Waals surface area contributed by atoms with Gasteiger partial charge >= 0.3 is 5.97 Å². The second-order valence-corrected chi connectivity index (χ2v) is 7.12. The Morgan fingerprint density at radius 3 is 2.59 bits per heavy atom. The summed E-state index contributed by atoms with van der Waals surface area (Å²) < 4.78 is 4.53. The number of carbonyl (C=O) groups is 2. The fourth-order valence-corrected chi connectivity index (χ4v) is 3.71. The Balaban J connectivity index is 0.00000261. The smallest absolute Gasteiger partial charge is 0.307 e. The highest BCUT2D eigenvalue weighted by Crippen LogP contribution is 2.29. The van der Waals surface area contributed by atoms with Crippen LogP contribution >= 0.6 is 23.7 Å². The van der Waals surface area contributed by atoms with Gasteiger partial charge in [0.15, 0.2) is 0 Å². The third-order valence-electron chi connectivity index (χ3n) is 4.43. The van der Waals surface area contributed by atoms with Gasteiger partial charge in [0, 0.05) is 12.1 Å². The highest BCUT2D eigenvalue weighted by atomic mass is 35.5. The Kier molecular flexibility index (Phi) is 8.15. The minimum atomic E-state index is -0.364. The summed E-state index contributed by atoms with van der Waals surface area (Å²) in [5, 5.41) is 15.1. The van der Waals surface area contributed by atoms with Gasteiger partial charge in [-0.3, -0.25) is 9.59 Å². The molecule has 2 heterocycles. The average molecular weight is 411 g/mol. The van der Waals surface area contributed by atoms with E-state index in [-0.39, 0.29) is 42.3 Å². The molecule has 0 aliphatic carbocycles. The lowest BCUT2D eigenvalue weighted by atomic mass is 9.90. The van der Waals surface area contributed by atoms with Crippen molar-refractivity contribution >= 4 is 35.6 Å². The minimum absolute atomic E-state index is 0. The molecule has 1 aliphatic rings. The molecule has 0 unspecified atom stereocenters. The number of benzene rings is 1. The highest BCUT2D eigenvalue weighted by molar-refractivity contribution is 7.16. The van der Waals surface area contributed by atoms with Crippen LogP contribution in [0.5, 0.6) is 0 Å². The summed E-state index contributed by atoms with van der Waals surface area (Å²) >= 11 is 1.24. The van der Waals surface area contributed by atoms with E-state index < -0.39 is 0 Å². The van der Waals surface area contributed by atoms with Gasteiger partial charge in [0.05, 0.1) is 13.5 Å². The summed E-state index contributed by atoms with van der Waals surface area (Å²) in [6.07, 6.45) is 2.45. The molecule has 0 atom stereocenters. The Labute approximate surface area is 168 Å². The van der Waals surface area contributed by atoms with E-state index in [9.17, 15) is 9.59 Å². The molecule has 2 aromatic rings. The van der Waals surface area contributed by atoms with Crippen LogP contribution in [0.25, 0.3) is 10.6 Å². The Morgan fingerprint density at radius 1 is 1.22 bits per heavy atom. The first-order valence-electron chi connectivity index (χ1n) is 8.67. The normalized spacial score (nSPS) is 14.3. The zero-order valence-electron chi connectivity index (χ0n) is 15.1. The molecule has 1 aliphatic heterocycles. The maximum atomic E-state index is 12.1. The van der Waals surface area contributed by atoms with E-state index in [0.29, 0.717) is 10.9 Å². The summed E-state index contributed by atoms with van der Waals surface area (Å²) in [7, 11) is 1.32. The number of esters is 1. The maximum absolute atomic E-state index is 12.1. The topological polar surface area (TPSA) is 93.2 Å². The van der Waals surface area contributed by atoms with Crippen LogP contribution in [0, 0.1) is 0 Å². The second kappa shape index (κ2) is 10.3. The number of piperidine rings is 1. The standard InChI is InChI=1S/C18H22N4O3S.ClH/c1-25-15(23)8-11-20-16(24)18-22-21-17(26-18)14-4-2-12(3-5-14)13-6-9-19-10-7-13;/h2-5,13,19H,6-11H2,1H3,(H,20,24);1H. The third kappa shape index (κ3) is 5.72. The fraction of sp³-hybridized carbons (Fsp3) is 0.444. The van der Waals surface area contributed by atoms with E-state index in [1.807, 2.05) is 12.1 Å². The lowest BCUT2D eigenvalue weighted by Gasteiger charge is -2.22. The van der Waals surface area contributed by atoms with Crippen molar-refractivity contribution in [1.82, 2.24) is 20.8 Å². The molecule has 0 bridgehead atoms. The Bertz CT molecular complexity index is 760. The first-order chi connectivity index (χ1) is 12.7. The number of halogens is 1. The van der Waals surface area contributed by atoms with Crippen molar-refractivity contribution in [2.24, 2.45) is 0 Å². The van der Waals surface area contributed by atoms with Crippen molar-refractivity contribution in [2.75, 3.05) is 26.7 Å². The summed E-state index contributed by atoms with van der Waals surface area (Å²) in [5.74, 6) is -0.0862. The number of nitrogens with zero attached hydrogens (tertiary/aromatic N) is 2. The molecule has 1 aromatic carbocycles. The molecule has 3 rings (SSSR count). The molecule has 9 heteroatoms. The van der Waals surface area contributed by atoms with Gasteiger partial charge in [0.2, 0.25) is 5.01 Å². The van der Waals surface area contributed by atoms with Crippen LogP contribution in [0.3, 0.4) is 0 Å². The maximum Gasteiger partial charge on any atom is 0.307 e. The molecule has 1 saturated heterocycles. The van der Waals surface area contributed by atoms with E-state index in [0.717, 1.165) is 31.5 Å². The van der Waals surface area contributed by atoms with E-state index >= 15 is 0 Å². The number of amides is 1. The number of hydrogen-bond donors (Lipinski definition) is 2. The van der Waals surface area contributed by atoms with Crippen LogP contribution in [0.1, 0.15) is 40.5 Å². The van der Waals surface area contributed by atoms with Crippen LogP contribution in [-0.2, 0) is 9.53 Å². The number of ether oxygens (including phenoxy) is 1. The van der Waals surface area contributed by atoms with Crippen molar-refractivity contribution in [1.29, 1.82) is 0 Å². The molecule has 146 valence electrons. The van der Waals surface area contributed by atoms with E-state index in [2.05, 4.69) is 37.7 Å². The van der Waals surface area contributed by atoms with Crippen LogP contribution < -0.4 is 10.6 Å². The molecule has 27 heavy (non-hydrogen) atoms. The predicted molar refractivity (Wildman–Crippen MR) is 106 cm³/mol. The number of hydrogen-bond acceptors (Lipinski definition) is 7. The minimum Gasteiger partial charge on any atom is -0.469 e. The number of aromatic nitrogens is 2. The van der Waals surface area contributed by atoms with E-state index in [1.54, 1.807) is 0 Å². The lowest BCUT2D eigenvalue weighted by Crippen LogP contribution is -2.26. The number of carbonyl (C=O) groups excluding carboxylic acids is 2. The third-order valence-corrected chi connectivity index (χ3v) is 5.40. The summed E-state index contributed by atoms with van der Waals surface area (Å²) in [6.45, 7) is 2.35. The van der Waals surface area contributed by atoms with Gasteiger partial charge in [-0.2, -0.15) is 0 Å². The molecule has 1 amide bonds. The molecule has 0 saturated carbocycles. The first kappa shape index (κ1) is 21.3. The second-order valence-electron chi connectivity index (χ2n) is 6.14. The molecular weight excluding hydrogens is 388 g/mol. The average Bonchev–Trinajstić information content (AvgIpc) is 3.19. The molecular formula is C18H23ClN4O3S. The SMILES string of the molecule is COC(=O)CCNC(=O)c1nnc(-c2ccc(C3CCNCC3)cc2)s1.Cl. The molecule has 1 fully saturated rings. The summed E-state index contributed by atoms with van der Waals surface area (Å²) in [6, 6.07) is 8.36. The van der Waals surface area contributed by atoms with Crippen molar-refractivity contribution in [3.63, 3.8) is 0 Å². The van der Waals surface area contributed by atoms with Crippen LogP contribution in [0.2, 0.25) is 0 Å². The molecule has 1 aromatic heterocycles. The van der Waals surface area contributed by atoms with Crippen molar-refractivity contribution in [2.45, 2.75) is 25.2 Å². The van der Waals surface area contributed by atoms with Gasteiger partial charge in [-0.15, -0.1) is 22.6 Å². The van der Waals surface area contributed by atoms with Crippen LogP contribution in [0.15, 0.2) is 24.3 Å². The van der Waals surface area contributed by atoms with E-state index in [1.165, 1.54) is 24.0 Å². The number of methoxy groups -OCH3 is 1. The summed E-state index contributed by atoms with van der Waals surface area (Å²) in [5.41, 5.74) is 2.30. The van der Waals surface area contributed by atoms with Gasteiger partial charge in [0.1, 0.15) is 5.01 Å². The van der Waals surface area contributed by atoms with Crippen LogP contribution in [0.4, 0.5) is 0 Å². The quantitative estimate of drug-likeness (QED) is 0.710. The van der Waals surface area contributed by atoms with Crippen molar-refractivity contribution < 1.29 is 14.3 Å². The van der Waals surface area contributed by atoms with E-state index in [4.69, 9.17) is 0 Å². The predicted octanol–water partition coefficient (Wildman–Crippen LogP) is 2.39. The Morgan fingerprint density at radius 2 is 1.93 bits per heavy atom. The molecule has 2 N–H and O–H groups in total. The van der Waals surface area contributed by atoms with Gasteiger partial charge in [-0.05, 0) is 37.4 Å². The van der Waals surface area contributed by atoms with Gasteiger partial charge in [-0.25, -0.2) is 0 Å². The van der Waals surface area contributed by atoms with Gasteiger partial charge in [-0.1, -0.05) is 35.6 Å².